The molecule has 0 bridgehead atoms. The van der Waals surface area contributed by atoms with Crippen molar-refractivity contribution in [1.82, 2.24) is 0 Å². The molecule has 6 heteroatoms. The molecule has 4 amide bonds. The summed E-state index contributed by atoms with van der Waals surface area (Å²) < 4.78 is 0. The SMILES string of the molecule is O=C(Nc1ccc(Cc2ccc(NC(=O)Nc3ccc4ccccc4c3)cc2)cc1)Nc1ccc2ccccc2c1. The molecule has 0 radical (unpaired) electrons. The molecular formula is C35H28N4O2. The predicted molar refractivity (Wildman–Crippen MR) is 169 cm³/mol. The van der Waals surface area contributed by atoms with Crippen LogP contribution in [0.4, 0.5) is 32.3 Å². The maximum atomic E-state index is 12.5. The lowest BCUT2D eigenvalue weighted by Crippen LogP contribution is -2.19. The van der Waals surface area contributed by atoms with Gasteiger partial charge in [0.05, 0.1) is 0 Å². The first kappa shape index (κ1) is 25.6. The van der Waals surface area contributed by atoms with Gasteiger partial charge in [0.25, 0.3) is 0 Å². The summed E-state index contributed by atoms with van der Waals surface area (Å²) in [5.41, 5.74) is 5.12. The van der Waals surface area contributed by atoms with Gasteiger partial charge in [-0.1, -0.05) is 84.9 Å². The van der Waals surface area contributed by atoms with Crippen LogP contribution in [-0.2, 0) is 6.42 Å². The van der Waals surface area contributed by atoms with E-state index in [4.69, 9.17) is 0 Å². The number of amides is 4. The molecule has 6 aromatic carbocycles. The first-order chi connectivity index (χ1) is 20.1. The highest BCUT2D eigenvalue weighted by atomic mass is 16.2. The summed E-state index contributed by atoms with van der Waals surface area (Å²) >= 11 is 0. The first-order valence-corrected chi connectivity index (χ1v) is 13.4. The van der Waals surface area contributed by atoms with E-state index in [1.54, 1.807) is 0 Å². The third-order valence-electron chi connectivity index (χ3n) is 6.85. The molecule has 0 fully saturated rings. The van der Waals surface area contributed by atoms with Crippen molar-refractivity contribution in [3.63, 3.8) is 0 Å². The summed E-state index contributed by atoms with van der Waals surface area (Å²) in [6.07, 6.45) is 0.729. The fourth-order valence-corrected chi connectivity index (χ4v) is 4.77. The van der Waals surface area contributed by atoms with E-state index in [2.05, 4.69) is 21.3 Å². The Morgan fingerprint density at radius 3 is 1.15 bits per heavy atom. The Bertz CT molecular complexity index is 1710. The monoisotopic (exact) mass is 536 g/mol. The Labute approximate surface area is 238 Å². The zero-order valence-electron chi connectivity index (χ0n) is 22.2. The van der Waals surface area contributed by atoms with E-state index >= 15 is 0 Å². The summed E-state index contributed by atoms with van der Waals surface area (Å²) in [6.45, 7) is 0. The molecule has 0 heterocycles. The number of hydrogen-bond donors (Lipinski definition) is 4. The van der Waals surface area contributed by atoms with Crippen LogP contribution in [0.3, 0.4) is 0 Å². The van der Waals surface area contributed by atoms with Crippen LogP contribution in [0.25, 0.3) is 21.5 Å². The largest absolute Gasteiger partial charge is 0.323 e. The smallest absolute Gasteiger partial charge is 0.308 e. The lowest BCUT2D eigenvalue weighted by Gasteiger charge is -2.10. The maximum absolute atomic E-state index is 12.5. The predicted octanol–water partition coefficient (Wildman–Crippen LogP) is 8.87. The van der Waals surface area contributed by atoms with Crippen molar-refractivity contribution < 1.29 is 9.59 Å². The molecule has 0 aromatic heterocycles. The van der Waals surface area contributed by atoms with Crippen LogP contribution in [0.15, 0.2) is 133 Å². The second-order valence-corrected chi connectivity index (χ2v) is 9.85. The lowest BCUT2D eigenvalue weighted by atomic mass is 10.0. The normalized spacial score (nSPS) is 10.7. The van der Waals surface area contributed by atoms with Gasteiger partial charge in [-0.2, -0.15) is 0 Å². The van der Waals surface area contributed by atoms with E-state index in [0.717, 1.165) is 50.5 Å². The van der Waals surface area contributed by atoms with Crippen molar-refractivity contribution in [1.29, 1.82) is 0 Å². The van der Waals surface area contributed by atoms with Gasteiger partial charge < -0.3 is 21.3 Å². The molecule has 0 atom stereocenters. The van der Waals surface area contributed by atoms with Crippen LogP contribution >= 0.6 is 0 Å². The summed E-state index contributed by atoms with van der Waals surface area (Å²) in [5.74, 6) is 0. The zero-order valence-corrected chi connectivity index (χ0v) is 22.2. The van der Waals surface area contributed by atoms with Crippen molar-refractivity contribution in [2.24, 2.45) is 0 Å². The maximum Gasteiger partial charge on any atom is 0.323 e. The standard InChI is InChI=1S/C35H28N4O2/c40-34(38-32-19-13-26-5-1-3-7-28(26)22-32)36-30-15-9-24(10-16-30)21-25-11-17-31(18-12-25)37-35(41)39-33-20-14-27-6-2-4-8-29(27)23-33/h1-20,22-23H,21H2,(H2,36,38,40)(H2,37,39,41). The molecule has 0 aliphatic carbocycles. The topological polar surface area (TPSA) is 82.3 Å². The van der Waals surface area contributed by atoms with Crippen molar-refractivity contribution in [3.05, 3.63) is 145 Å². The molecule has 0 spiro atoms. The fourth-order valence-electron chi connectivity index (χ4n) is 4.77. The van der Waals surface area contributed by atoms with Gasteiger partial charge in [-0.3, -0.25) is 0 Å². The van der Waals surface area contributed by atoms with Crippen LogP contribution < -0.4 is 21.3 Å². The Morgan fingerprint density at radius 1 is 0.390 bits per heavy atom. The van der Waals surface area contributed by atoms with Crippen LogP contribution in [-0.4, -0.2) is 12.1 Å². The number of nitrogens with one attached hydrogen (secondary N) is 4. The van der Waals surface area contributed by atoms with E-state index in [-0.39, 0.29) is 12.1 Å². The molecule has 4 N–H and O–H groups in total. The van der Waals surface area contributed by atoms with Crippen LogP contribution in [0.2, 0.25) is 0 Å². The Morgan fingerprint density at radius 2 is 0.732 bits per heavy atom. The van der Waals surface area contributed by atoms with Crippen molar-refractivity contribution in [2.45, 2.75) is 6.42 Å². The molecule has 0 saturated heterocycles. The van der Waals surface area contributed by atoms with E-state index < -0.39 is 0 Å². The van der Waals surface area contributed by atoms with Gasteiger partial charge in [0.2, 0.25) is 0 Å². The summed E-state index contributed by atoms with van der Waals surface area (Å²) in [6, 6.07) is 42.7. The summed E-state index contributed by atoms with van der Waals surface area (Å²) in [4.78, 5) is 25.0. The van der Waals surface area contributed by atoms with Gasteiger partial charge in [0.15, 0.2) is 0 Å². The second kappa shape index (κ2) is 11.6. The van der Waals surface area contributed by atoms with E-state index in [9.17, 15) is 9.59 Å². The number of anilines is 4. The molecule has 6 nitrogen and oxygen atoms in total. The zero-order chi connectivity index (χ0) is 28.0. The van der Waals surface area contributed by atoms with Crippen LogP contribution in [0, 0.1) is 0 Å². The minimum absolute atomic E-state index is 0.291. The Kier molecular flexibility index (Phi) is 7.28. The quantitative estimate of drug-likeness (QED) is 0.171. The number of urea groups is 2. The highest BCUT2D eigenvalue weighted by Gasteiger charge is 2.06. The molecule has 6 rings (SSSR count). The highest BCUT2D eigenvalue weighted by molar-refractivity contribution is 6.02. The van der Waals surface area contributed by atoms with Crippen LogP contribution in [0.1, 0.15) is 11.1 Å². The number of hydrogen-bond acceptors (Lipinski definition) is 2. The first-order valence-electron chi connectivity index (χ1n) is 13.4. The highest BCUT2D eigenvalue weighted by Crippen LogP contribution is 2.21. The molecular weight excluding hydrogens is 508 g/mol. The van der Waals surface area contributed by atoms with Crippen molar-refractivity contribution in [3.8, 4) is 0 Å². The van der Waals surface area contributed by atoms with E-state index in [1.165, 1.54) is 0 Å². The molecule has 6 aromatic rings. The number of carbonyl (C=O) groups is 2. The molecule has 0 aliphatic heterocycles. The van der Waals surface area contributed by atoms with Gasteiger partial charge in [-0.25, -0.2) is 9.59 Å². The average Bonchev–Trinajstić information content (AvgIpc) is 2.99. The average molecular weight is 537 g/mol. The second-order valence-electron chi connectivity index (χ2n) is 9.85. The van der Waals surface area contributed by atoms with Gasteiger partial charge >= 0.3 is 12.1 Å². The van der Waals surface area contributed by atoms with E-state index in [0.29, 0.717) is 11.4 Å². The molecule has 0 saturated carbocycles. The van der Waals surface area contributed by atoms with Gasteiger partial charge in [-0.15, -0.1) is 0 Å². The summed E-state index contributed by atoms with van der Waals surface area (Å²) in [7, 11) is 0. The van der Waals surface area contributed by atoms with Gasteiger partial charge in [0.1, 0.15) is 0 Å². The molecule has 0 aliphatic rings. The Balaban J connectivity index is 0.999. The van der Waals surface area contributed by atoms with Gasteiger partial charge in [0, 0.05) is 22.7 Å². The number of rotatable bonds is 6. The Hall–Kier alpha value is -5.62. The third kappa shape index (κ3) is 6.52. The molecule has 41 heavy (non-hydrogen) atoms. The van der Waals surface area contributed by atoms with Crippen molar-refractivity contribution >= 4 is 56.4 Å². The minimum atomic E-state index is -0.291. The number of carbonyl (C=O) groups excluding carboxylic acids is 2. The van der Waals surface area contributed by atoms with Crippen molar-refractivity contribution in [2.75, 3.05) is 21.3 Å². The summed E-state index contributed by atoms with van der Waals surface area (Å²) in [5, 5.41) is 16.0. The minimum Gasteiger partial charge on any atom is -0.308 e. The number of benzene rings is 6. The fraction of sp³-hybridized carbons (Fsp3) is 0.0286. The van der Waals surface area contributed by atoms with E-state index in [1.807, 2.05) is 133 Å². The lowest BCUT2D eigenvalue weighted by molar-refractivity contribution is 0.261. The third-order valence-corrected chi connectivity index (χ3v) is 6.85. The molecule has 0 unspecified atom stereocenters. The molecule has 200 valence electrons. The van der Waals surface area contributed by atoms with Gasteiger partial charge in [-0.05, 0) is 87.6 Å². The van der Waals surface area contributed by atoms with Crippen LogP contribution in [0.5, 0.6) is 0 Å². The number of fused-ring (bicyclic) bond motifs is 2.